The maximum Gasteiger partial charge on any atom is 0.320 e. The molecule has 0 saturated carbocycles. The number of hydrogen-bond donors (Lipinski definition) is 1. The van der Waals surface area contributed by atoms with Gasteiger partial charge in [0.25, 0.3) is 0 Å². The van der Waals surface area contributed by atoms with Gasteiger partial charge in [0, 0.05) is 18.1 Å². The van der Waals surface area contributed by atoms with Crippen molar-refractivity contribution < 1.29 is 0 Å². The normalized spacial score (nSPS) is 10.5. The largest absolute Gasteiger partial charge is 0.323 e. The van der Waals surface area contributed by atoms with Crippen LogP contribution in [-0.2, 0) is 6.42 Å². The lowest BCUT2D eigenvalue weighted by Crippen LogP contribution is -2.34. The van der Waals surface area contributed by atoms with E-state index in [9.17, 15) is 9.59 Å². The summed E-state index contributed by atoms with van der Waals surface area (Å²) in [4.78, 5) is 25.2. The summed E-state index contributed by atoms with van der Waals surface area (Å²) in [6.07, 6.45) is 6.39. The van der Waals surface area contributed by atoms with Crippen molar-refractivity contribution in [2.24, 2.45) is 0 Å². The summed E-state index contributed by atoms with van der Waals surface area (Å²) in [6.45, 7) is 2.16. The Morgan fingerprint density at radius 1 is 1.17 bits per heavy atom. The molecule has 4 nitrogen and oxygen atoms in total. The van der Waals surface area contributed by atoms with Gasteiger partial charge in [0.15, 0.2) is 0 Å². The molecular formula is C14H16N2O2. The minimum Gasteiger partial charge on any atom is -0.323 e. The third-order valence-electron chi connectivity index (χ3n) is 2.88. The van der Waals surface area contributed by atoms with Crippen molar-refractivity contribution in [1.82, 2.24) is 9.55 Å². The van der Waals surface area contributed by atoms with Gasteiger partial charge in [0.05, 0.1) is 0 Å². The van der Waals surface area contributed by atoms with Gasteiger partial charge in [-0.25, -0.2) is 0 Å². The second-order valence-electron chi connectivity index (χ2n) is 4.23. The van der Waals surface area contributed by atoms with Crippen LogP contribution in [0.5, 0.6) is 0 Å². The van der Waals surface area contributed by atoms with E-state index in [0.29, 0.717) is 5.69 Å². The maximum absolute atomic E-state index is 11.6. The van der Waals surface area contributed by atoms with E-state index >= 15 is 0 Å². The van der Waals surface area contributed by atoms with Gasteiger partial charge in [0.1, 0.15) is 0 Å². The van der Waals surface area contributed by atoms with Gasteiger partial charge < -0.3 is 4.98 Å². The first-order valence-electron chi connectivity index (χ1n) is 6.12. The summed E-state index contributed by atoms with van der Waals surface area (Å²) < 4.78 is 1.35. The van der Waals surface area contributed by atoms with Crippen molar-refractivity contribution in [3.8, 4) is 5.69 Å². The second kappa shape index (κ2) is 5.49. The Labute approximate surface area is 105 Å². The van der Waals surface area contributed by atoms with Gasteiger partial charge in [0.2, 0.25) is 0 Å². The molecule has 0 bridgehead atoms. The molecule has 0 atom stereocenters. The topological polar surface area (TPSA) is 54.9 Å². The first kappa shape index (κ1) is 12.4. The average molecular weight is 244 g/mol. The van der Waals surface area contributed by atoms with E-state index in [1.807, 2.05) is 24.3 Å². The SMILES string of the molecule is CCCCc1ccc(-n2cc[nH]c(=O)c2=O)cc1. The first-order valence-corrected chi connectivity index (χ1v) is 6.12. The lowest BCUT2D eigenvalue weighted by Gasteiger charge is -2.05. The molecule has 0 aliphatic rings. The van der Waals surface area contributed by atoms with Crippen LogP contribution in [-0.4, -0.2) is 9.55 Å². The Kier molecular flexibility index (Phi) is 3.77. The van der Waals surface area contributed by atoms with Crippen molar-refractivity contribution in [3.63, 3.8) is 0 Å². The molecule has 0 spiro atoms. The summed E-state index contributed by atoms with van der Waals surface area (Å²) in [5.41, 5.74) is 0.802. The molecule has 0 amide bonds. The van der Waals surface area contributed by atoms with Crippen LogP contribution >= 0.6 is 0 Å². The van der Waals surface area contributed by atoms with Crippen LogP contribution in [0.1, 0.15) is 25.3 Å². The Hall–Kier alpha value is -2.10. The highest BCUT2D eigenvalue weighted by Gasteiger charge is 2.02. The van der Waals surface area contributed by atoms with E-state index in [4.69, 9.17) is 0 Å². The van der Waals surface area contributed by atoms with E-state index in [1.54, 1.807) is 6.20 Å². The summed E-state index contributed by atoms with van der Waals surface area (Å²) in [6, 6.07) is 7.73. The minimum atomic E-state index is -0.604. The zero-order chi connectivity index (χ0) is 13.0. The lowest BCUT2D eigenvalue weighted by molar-refractivity contribution is 0.794. The fraction of sp³-hybridized carbons (Fsp3) is 0.286. The molecule has 0 aliphatic carbocycles. The quantitative estimate of drug-likeness (QED) is 0.835. The van der Waals surface area contributed by atoms with Gasteiger partial charge >= 0.3 is 11.1 Å². The first-order chi connectivity index (χ1) is 8.72. The standard InChI is InChI=1S/C14H16N2O2/c1-2-3-4-11-5-7-12(8-6-11)16-10-9-15-13(17)14(16)18/h5-10H,2-4H2,1H3,(H,15,17). The Balaban J connectivity index is 2.32. The van der Waals surface area contributed by atoms with Crippen molar-refractivity contribution >= 4 is 0 Å². The predicted molar refractivity (Wildman–Crippen MR) is 71.3 cm³/mol. The van der Waals surface area contributed by atoms with Crippen LogP contribution < -0.4 is 11.1 Å². The third kappa shape index (κ3) is 2.59. The van der Waals surface area contributed by atoms with E-state index in [0.717, 1.165) is 19.3 Å². The molecule has 0 saturated heterocycles. The van der Waals surface area contributed by atoms with Crippen molar-refractivity contribution in [2.75, 3.05) is 0 Å². The Morgan fingerprint density at radius 3 is 2.56 bits per heavy atom. The smallest absolute Gasteiger partial charge is 0.320 e. The van der Waals surface area contributed by atoms with Gasteiger partial charge in [-0.3, -0.25) is 14.2 Å². The molecule has 4 heteroatoms. The van der Waals surface area contributed by atoms with Crippen LogP contribution in [0.15, 0.2) is 46.2 Å². The molecule has 1 heterocycles. The van der Waals surface area contributed by atoms with E-state index in [1.165, 1.54) is 16.3 Å². The van der Waals surface area contributed by atoms with Crippen LogP contribution in [0.25, 0.3) is 5.69 Å². The van der Waals surface area contributed by atoms with Gasteiger partial charge in [-0.2, -0.15) is 0 Å². The van der Waals surface area contributed by atoms with Gasteiger partial charge in [-0.1, -0.05) is 25.5 Å². The molecule has 2 rings (SSSR count). The number of aromatic nitrogens is 2. The van der Waals surface area contributed by atoms with Crippen molar-refractivity contribution in [3.05, 3.63) is 62.9 Å². The Bertz CT molecular complexity index is 623. The summed E-state index contributed by atoms with van der Waals surface area (Å²) >= 11 is 0. The number of aromatic amines is 1. The van der Waals surface area contributed by atoms with E-state index < -0.39 is 11.1 Å². The maximum atomic E-state index is 11.6. The number of nitrogens with zero attached hydrogens (tertiary/aromatic N) is 1. The van der Waals surface area contributed by atoms with Gasteiger partial charge in [-0.05, 0) is 30.5 Å². The molecule has 94 valence electrons. The number of benzene rings is 1. The summed E-state index contributed by atoms with van der Waals surface area (Å²) in [5.74, 6) is 0. The zero-order valence-corrected chi connectivity index (χ0v) is 10.3. The lowest BCUT2D eigenvalue weighted by atomic mass is 10.1. The number of aryl methyl sites for hydroxylation is 1. The highest BCUT2D eigenvalue weighted by molar-refractivity contribution is 5.34. The number of rotatable bonds is 4. The second-order valence-corrected chi connectivity index (χ2v) is 4.23. The molecular weight excluding hydrogens is 228 g/mol. The van der Waals surface area contributed by atoms with Crippen molar-refractivity contribution in [2.45, 2.75) is 26.2 Å². The monoisotopic (exact) mass is 244 g/mol. The van der Waals surface area contributed by atoms with Crippen LogP contribution in [0, 0.1) is 0 Å². The Morgan fingerprint density at radius 2 is 1.89 bits per heavy atom. The molecule has 0 aliphatic heterocycles. The summed E-state index contributed by atoms with van der Waals surface area (Å²) in [7, 11) is 0. The highest BCUT2D eigenvalue weighted by atomic mass is 16.2. The fourth-order valence-corrected chi connectivity index (χ4v) is 1.83. The molecule has 0 fully saturated rings. The molecule has 0 unspecified atom stereocenters. The average Bonchev–Trinajstić information content (AvgIpc) is 2.40. The molecule has 1 aromatic heterocycles. The predicted octanol–water partition coefficient (Wildman–Crippen LogP) is 1.87. The number of unbranched alkanes of at least 4 members (excludes halogenated alkanes) is 1. The third-order valence-corrected chi connectivity index (χ3v) is 2.88. The minimum absolute atomic E-state index is 0.557. The number of nitrogens with one attached hydrogen (secondary N) is 1. The van der Waals surface area contributed by atoms with Crippen LogP contribution in [0.4, 0.5) is 0 Å². The van der Waals surface area contributed by atoms with Crippen LogP contribution in [0.3, 0.4) is 0 Å². The van der Waals surface area contributed by atoms with E-state index in [2.05, 4.69) is 11.9 Å². The van der Waals surface area contributed by atoms with E-state index in [-0.39, 0.29) is 0 Å². The molecule has 1 aromatic carbocycles. The molecule has 0 radical (unpaired) electrons. The van der Waals surface area contributed by atoms with Crippen LogP contribution in [0.2, 0.25) is 0 Å². The molecule has 18 heavy (non-hydrogen) atoms. The summed E-state index contributed by atoms with van der Waals surface area (Å²) in [5, 5.41) is 0. The molecule has 1 N–H and O–H groups in total. The number of hydrogen-bond acceptors (Lipinski definition) is 2. The van der Waals surface area contributed by atoms with Gasteiger partial charge in [-0.15, -0.1) is 0 Å². The number of H-pyrrole nitrogens is 1. The van der Waals surface area contributed by atoms with Crippen molar-refractivity contribution in [1.29, 1.82) is 0 Å². The molecule has 2 aromatic rings. The zero-order valence-electron chi connectivity index (χ0n) is 10.3. The fourth-order valence-electron chi connectivity index (χ4n) is 1.83. The highest BCUT2D eigenvalue weighted by Crippen LogP contribution is 2.09.